The van der Waals surface area contributed by atoms with Crippen LogP contribution in [0.1, 0.15) is 5.69 Å². The molecule has 0 saturated carbocycles. The lowest BCUT2D eigenvalue weighted by atomic mass is 10.3. The maximum absolute atomic E-state index is 12.7. The minimum atomic E-state index is -4.94. The Bertz CT molecular complexity index is 853. The van der Waals surface area contributed by atoms with Gasteiger partial charge in [-0.1, -0.05) is 23.2 Å². The Hall–Kier alpha value is -1.20. The smallest absolute Gasteiger partial charge is 0.335 e. The highest BCUT2D eigenvalue weighted by Crippen LogP contribution is 2.29. The van der Waals surface area contributed by atoms with Crippen molar-refractivity contribution in [3.63, 3.8) is 0 Å². The fraction of sp³-hybridized carbons (Fsp3) is 0.0909. The van der Waals surface area contributed by atoms with Crippen LogP contribution in [-0.2, 0) is 6.18 Å². The average molecular weight is 466 g/mol. The normalized spacial score (nSPS) is 11.7. The van der Waals surface area contributed by atoms with Crippen LogP contribution in [0, 0.1) is 3.57 Å². The third-order valence-corrected chi connectivity index (χ3v) is 5.05. The molecule has 0 aliphatic heterocycles. The molecule has 0 radical (unpaired) electrons. The quantitative estimate of drug-likeness (QED) is 0.400. The molecule has 2 N–H and O–H groups in total. The standard InChI is InChI=1S/C11H5Cl2F3IN3O2/c12-5-1-4(2-6(13)9(5)17)19-8(21)3-7(11(14,15)16)20(18)10(19)22/h1-3H,18H2. The van der Waals surface area contributed by atoms with Crippen molar-refractivity contribution in [3.05, 3.63) is 58.3 Å². The lowest BCUT2D eigenvalue weighted by Gasteiger charge is -2.14. The van der Waals surface area contributed by atoms with Gasteiger partial charge in [0.15, 0.2) is 5.69 Å². The number of rotatable bonds is 1. The first-order valence-electron chi connectivity index (χ1n) is 5.40. The molecular weight excluding hydrogens is 461 g/mol. The van der Waals surface area contributed by atoms with Crippen LogP contribution in [0.2, 0.25) is 10.0 Å². The number of halogens is 6. The Kier molecular flexibility index (Phi) is 4.51. The number of aromatic nitrogens is 2. The molecule has 0 fully saturated rings. The van der Waals surface area contributed by atoms with Crippen molar-refractivity contribution in [1.29, 1.82) is 0 Å². The Morgan fingerprint density at radius 2 is 1.59 bits per heavy atom. The van der Waals surface area contributed by atoms with Gasteiger partial charge in [0, 0.05) is 6.07 Å². The highest BCUT2D eigenvalue weighted by Gasteiger charge is 2.35. The molecule has 1 heterocycles. The minimum Gasteiger partial charge on any atom is -0.335 e. The van der Waals surface area contributed by atoms with Gasteiger partial charge in [0.05, 0.1) is 19.3 Å². The number of benzene rings is 1. The summed E-state index contributed by atoms with van der Waals surface area (Å²) in [5.41, 5.74) is -4.21. The third kappa shape index (κ3) is 2.97. The van der Waals surface area contributed by atoms with Crippen LogP contribution in [0.25, 0.3) is 5.69 Å². The molecule has 0 unspecified atom stereocenters. The summed E-state index contributed by atoms with van der Waals surface area (Å²) in [5.74, 6) is 5.14. The largest absolute Gasteiger partial charge is 0.433 e. The molecule has 22 heavy (non-hydrogen) atoms. The zero-order chi connectivity index (χ0) is 16.8. The summed E-state index contributed by atoms with van der Waals surface area (Å²) < 4.78 is 38.8. The molecule has 0 atom stereocenters. The molecule has 11 heteroatoms. The first-order chi connectivity index (χ1) is 10.0. The lowest BCUT2D eigenvalue weighted by molar-refractivity contribution is -0.143. The van der Waals surface area contributed by atoms with Crippen molar-refractivity contribution in [2.24, 2.45) is 0 Å². The molecule has 0 spiro atoms. The molecule has 5 nitrogen and oxygen atoms in total. The van der Waals surface area contributed by atoms with Crippen molar-refractivity contribution in [2.75, 3.05) is 5.84 Å². The Morgan fingerprint density at radius 3 is 2.05 bits per heavy atom. The van der Waals surface area contributed by atoms with E-state index in [1.165, 1.54) is 12.1 Å². The van der Waals surface area contributed by atoms with Gasteiger partial charge in [0.2, 0.25) is 0 Å². The summed E-state index contributed by atoms with van der Waals surface area (Å²) in [7, 11) is 0. The minimum absolute atomic E-state index is 0.0849. The fourth-order valence-corrected chi connectivity index (χ4v) is 2.47. The number of nitrogens with zero attached hydrogens (tertiary/aromatic N) is 2. The molecule has 2 aromatic rings. The Balaban J connectivity index is 2.82. The van der Waals surface area contributed by atoms with Crippen molar-refractivity contribution in [2.45, 2.75) is 6.18 Å². The van der Waals surface area contributed by atoms with Gasteiger partial charge in [-0.25, -0.2) is 14.0 Å². The van der Waals surface area contributed by atoms with Crippen LogP contribution < -0.4 is 17.1 Å². The van der Waals surface area contributed by atoms with E-state index in [1.807, 2.05) is 22.6 Å². The summed E-state index contributed by atoms with van der Waals surface area (Å²) in [6.07, 6.45) is -4.94. The summed E-state index contributed by atoms with van der Waals surface area (Å²) in [5, 5.41) is 0.274. The molecule has 1 aromatic carbocycles. The van der Waals surface area contributed by atoms with E-state index in [9.17, 15) is 22.8 Å². The van der Waals surface area contributed by atoms with E-state index in [1.54, 1.807) is 0 Å². The molecule has 0 saturated heterocycles. The zero-order valence-corrected chi connectivity index (χ0v) is 14.0. The van der Waals surface area contributed by atoms with E-state index < -0.39 is 23.1 Å². The van der Waals surface area contributed by atoms with Gasteiger partial charge < -0.3 is 5.84 Å². The van der Waals surface area contributed by atoms with Gasteiger partial charge in [-0.15, -0.1) is 0 Å². The predicted octanol–water partition coefficient (Wildman–Crippen LogP) is 2.64. The van der Waals surface area contributed by atoms with Crippen LogP contribution in [0.3, 0.4) is 0 Å². The summed E-state index contributed by atoms with van der Waals surface area (Å²) in [6.45, 7) is 0. The van der Waals surface area contributed by atoms with Gasteiger partial charge in [0.1, 0.15) is 0 Å². The third-order valence-electron chi connectivity index (χ3n) is 2.65. The van der Waals surface area contributed by atoms with Crippen molar-refractivity contribution >= 4 is 45.8 Å². The summed E-state index contributed by atoms with van der Waals surface area (Å²) >= 11 is 13.6. The second-order valence-corrected chi connectivity index (χ2v) is 5.97. The molecule has 0 bridgehead atoms. The van der Waals surface area contributed by atoms with Gasteiger partial charge in [-0.05, 0) is 34.7 Å². The van der Waals surface area contributed by atoms with Gasteiger partial charge in [0.25, 0.3) is 5.56 Å². The highest BCUT2D eigenvalue weighted by atomic mass is 127. The first kappa shape index (κ1) is 17.2. The van der Waals surface area contributed by atoms with E-state index in [4.69, 9.17) is 29.0 Å². The Morgan fingerprint density at radius 1 is 1.09 bits per heavy atom. The van der Waals surface area contributed by atoms with E-state index in [0.717, 1.165) is 0 Å². The van der Waals surface area contributed by atoms with E-state index in [2.05, 4.69) is 0 Å². The predicted molar refractivity (Wildman–Crippen MR) is 84.2 cm³/mol. The summed E-state index contributed by atoms with van der Waals surface area (Å²) in [6, 6.07) is 2.68. The van der Waals surface area contributed by atoms with Crippen LogP contribution in [-0.4, -0.2) is 9.24 Å². The number of nitrogen functional groups attached to an aromatic ring is 1. The van der Waals surface area contributed by atoms with E-state index >= 15 is 0 Å². The fourth-order valence-electron chi connectivity index (χ4n) is 1.68. The zero-order valence-electron chi connectivity index (χ0n) is 10.3. The molecule has 118 valence electrons. The lowest BCUT2D eigenvalue weighted by Crippen LogP contribution is -2.45. The molecule has 2 rings (SSSR count). The molecular formula is C11H5Cl2F3IN3O2. The maximum Gasteiger partial charge on any atom is 0.433 e. The van der Waals surface area contributed by atoms with Crippen LogP contribution in [0.15, 0.2) is 27.8 Å². The first-order valence-corrected chi connectivity index (χ1v) is 7.24. The number of hydrogen-bond donors (Lipinski definition) is 1. The number of alkyl halides is 3. The maximum atomic E-state index is 12.7. The SMILES string of the molecule is Nn1c(C(F)(F)F)cc(=O)n(-c2cc(Cl)c(I)c(Cl)c2)c1=O. The molecule has 0 aliphatic carbocycles. The molecule has 0 amide bonds. The Labute approximate surface area is 144 Å². The second kappa shape index (κ2) is 5.78. The topological polar surface area (TPSA) is 70.0 Å². The van der Waals surface area contributed by atoms with Gasteiger partial charge in [-0.3, -0.25) is 4.79 Å². The number of hydrogen-bond acceptors (Lipinski definition) is 3. The molecule has 0 aliphatic rings. The highest BCUT2D eigenvalue weighted by molar-refractivity contribution is 14.1. The van der Waals surface area contributed by atoms with Crippen LogP contribution in [0.4, 0.5) is 13.2 Å². The molecule has 1 aromatic heterocycles. The number of nitrogens with two attached hydrogens (primary N) is 1. The van der Waals surface area contributed by atoms with Crippen molar-refractivity contribution < 1.29 is 13.2 Å². The average Bonchev–Trinajstić information content (AvgIpc) is 2.39. The second-order valence-electron chi connectivity index (χ2n) is 4.08. The van der Waals surface area contributed by atoms with Crippen LogP contribution >= 0.6 is 45.8 Å². The monoisotopic (exact) mass is 465 g/mol. The van der Waals surface area contributed by atoms with Crippen molar-refractivity contribution in [1.82, 2.24) is 9.24 Å². The summed E-state index contributed by atoms with van der Waals surface area (Å²) in [4.78, 5) is 23.9. The van der Waals surface area contributed by atoms with E-state index in [-0.39, 0.29) is 26.5 Å². The van der Waals surface area contributed by atoms with Crippen LogP contribution in [0.5, 0.6) is 0 Å². The van der Waals surface area contributed by atoms with Gasteiger partial charge >= 0.3 is 11.9 Å². The van der Waals surface area contributed by atoms with Crippen molar-refractivity contribution in [3.8, 4) is 5.69 Å². The van der Waals surface area contributed by atoms with Gasteiger partial charge in [-0.2, -0.15) is 13.2 Å². The van der Waals surface area contributed by atoms with E-state index in [0.29, 0.717) is 8.14 Å².